The number of para-hydroxylation sites is 1. The number of alkyl halides is 3. The van der Waals surface area contributed by atoms with Gasteiger partial charge in [-0.2, -0.15) is 13.2 Å². The van der Waals surface area contributed by atoms with Crippen LogP contribution in [0.2, 0.25) is 0 Å². The van der Waals surface area contributed by atoms with E-state index >= 15 is 0 Å². The summed E-state index contributed by atoms with van der Waals surface area (Å²) in [6, 6.07) is 5.48. The second-order valence-electron chi connectivity index (χ2n) is 3.43. The van der Waals surface area contributed by atoms with Crippen LogP contribution in [0.3, 0.4) is 0 Å². The molecule has 0 aromatic heterocycles. The highest BCUT2D eigenvalue weighted by molar-refractivity contribution is 5.39. The Labute approximate surface area is 86.9 Å². The van der Waals surface area contributed by atoms with Gasteiger partial charge in [-0.25, -0.2) is 0 Å². The van der Waals surface area contributed by atoms with E-state index in [0.29, 0.717) is 5.75 Å². The monoisotopic (exact) mass is 218 g/mol. The van der Waals surface area contributed by atoms with Crippen molar-refractivity contribution in [1.82, 2.24) is 0 Å². The molecule has 0 amide bonds. The summed E-state index contributed by atoms with van der Waals surface area (Å²) < 4.78 is 40.8. The molecule has 4 heteroatoms. The van der Waals surface area contributed by atoms with Crippen molar-refractivity contribution in [3.05, 3.63) is 29.3 Å². The number of aryl methyl sites for hydroxylation is 2. The van der Waals surface area contributed by atoms with Gasteiger partial charge in [0.2, 0.25) is 0 Å². The van der Waals surface area contributed by atoms with E-state index in [-0.39, 0.29) is 6.61 Å². The van der Waals surface area contributed by atoms with Gasteiger partial charge >= 0.3 is 6.18 Å². The van der Waals surface area contributed by atoms with Crippen molar-refractivity contribution < 1.29 is 17.9 Å². The molecule has 0 saturated heterocycles. The predicted molar refractivity (Wildman–Crippen MR) is 52.1 cm³/mol. The molecule has 0 fully saturated rings. The number of hydrogen-bond acceptors (Lipinski definition) is 1. The Morgan fingerprint density at radius 3 is 2.13 bits per heavy atom. The molecule has 15 heavy (non-hydrogen) atoms. The van der Waals surface area contributed by atoms with Crippen molar-refractivity contribution in [3.8, 4) is 5.75 Å². The van der Waals surface area contributed by atoms with Crippen molar-refractivity contribution in [2.24, 2.45) is 0 Å². The van der Waals surface area contributed by atoms with E-state index in [0.717, 1.165) is 11.1 Å². The minimum absolute atomic E-state index is 0.324. The SMILES string of the molecule is Cc1cccc(C)c1OCCC(F)(F)F. The van der Waals surface area contributed by atoms with Crippen LogP contribution in [0.15, 0.2) is 18.2 Å². The molecule has 0 unspecified atom stereocenters. The summed E-state index contributed by atoms with van der Waals surface area (Å²) in [6.45, 7) is 3.31. The molecule has 0 aliphatic rings. The molecule has 0 atom stereocenters. The maximum absolute atomic E-state index is 11.9. The van der Waals surface area contributed by atoms with Crippen molar-refractivity contribution >= 4 is 0 Å². The first-order chi connectivity index (χ1) is 6.90. The minimum atomic E-state index is -4.16. The maximum Gasteiger partial charge on any atom is 0.392 e. The number of rotatable bonds is 3. The Bertz CT molecular complexity index is 311. The Morgan fingerprint density at radius 2 is 1.67 bits per heavy atom. The van der Waals surface area contributed by atoms with E-state index in [4.69, 9.17) is 4.74 Å². The number of hydrogen-bond donors (Lipinski definition) is 0. The van der Waals surface area contributed by atoms with Gasteiger partial charge in [-0.05, 0) is 25.0 Å². The van der Waals surface area contributed by atoms with Crippen LogP contribution in [-0.4, -0.2) is 12.8 Å². The van der Waals surface area contributed by atoms with Gasteiger partial charge in [-0.15, -0.1) is 0 Å². The van der Waals surface area contributed by atoms with Crippen molar-refractivity contribution in [2.75, 3.05) is 6.61 Å². The van der Waals surface area contributed by atoms with Crippen LogP contribution in [0.1, 0.15) is 17.5 Å². The Hall–Kier alpha value is -1.19. The third-order valence-corrected chi connectivity index (χ3v) is 2.04. The van der Waals surface area contributed by atoms with Crippen LogP contribution in [0.5, 0.6) is 5.75 Å². The molecular formula is C11H13F3O. The zero-order valence-electron chi connectivity index (χ0n) is 8.69. The standard InChI is InChI=1S/C11H13F3O/c1-8-4-3-5-9(2)10(8)15-7-6-11(12,13)14/h3-5H,6-7H2,1-2H3. The number of benzene rings is 1. The summed E-state index contributed by atoms with van der Waals surface area (Å²) in [6.07, 6.45) is -5.07. The largest absolute Gasteiger partial charge is 0.493 e. The van der Waals surface area contributed by atoms with E-state index in [1.807, 2.05) is 32.0 Å². The van der Waals surface area contributed by atoms with Gasteiger partial charge in [0.25, 0.3) is 0 Å². The fraction of sp³-hybridized carbons (Fsp3) is 0.455. The van der Waals surface area contributed by atoms with E-state index in [1.54, 1.807) is 0 Å². The average Bonchev–Trinajstić information content (AvgIpc) is 2.08. The van der Waals surface area contributed by atoms with Gasteiger partial charge in [0.05, 0.1) is 13.0 Å². The van der Waals surface area contributed by atoms with Crippen LogP contribution >= 0.6 is 0 Å². The summed E-state index contributed by atoms with van der Waals surface area (Å²) in [4.78, 5) is 0. The first-order valence-corrected chi connectivity index (χ1v) is 4.66. The van der Waals surface area contributed by atoms with Crippen LogP contribution in [0.4, 0.5) is 13.2 Å². The Morgan fingerprint density at radius 1 is 1.13 bits per heavy atom. The molecule has 0 aliphatic heterocycles. The summed E-state index contributed by atoms with van der Waals surface area (Å²) in [7, 11) is 0. The lowest BCUT2D eigenvalue weighted by atomic mass is 10.1. The molecule has 0 N–H and O–H groups in total. The molecule has 0 spiro atoms. The highest BCUT2D eigenvalue weighted by atomic mass is 19.4. The molecule has 1 aromatic rings. The molecule has 1 aromatic carbocycles. The van der Waals surface area contributed by atoms with Gasteiger partial charge in [-0.1, -0.05) is 18.2 Å². The second-order valence-corrected chi connectivity index (χ2v) is 3.43. The lowest BCUT2D eigenvalue weighted by Gasteiger charge is -2.12. The Balaban J connectivity index is 2.58. The fourth-order valence-corrected chi connectivity index (χ4v) is 1.30. The van der Waals surface area contributed by atoms with Gasteiger partial charge < -0.3 is 4.74 Å². The smallest absolute Gasteiger partial charge is 0.392 e. The van der Waals surface area contributed by atoms with Crippen molar-refractivity contribution in [2.45, 2.75) is 26.4 Å². The van der Waals surface area contributed by atoms with E-state index < -0.39 is 12.6 Å². The molecule has 0 saturated carbocycles. The molecule has 0 radical (unpaired) electrons. The lowest BCUT2D eigenvalue weighted by molar-refractivity contribution is -0.139. The lowest BCUT2D eigenvalue weighted by Crippen LogP contribution is -2.13. The van der Waals surface area contributed by atoms with E-state index in [2.05, 4.69) is 0 Å². The first kappa shape index (κ1) is 11.9. The van der Waals surface area contributed by atoms with Crippen molar-refractivity contribution in [1.29, 1.82) is 0 Å². The van der Waals surface area contributed by atoms with E-state index in [1.165, 1.54) is 0 Å². The normalized spacial score (nSPS) is 11.5. The summed E-state index contributed by atoms with van der Waals surface area (Å²) in [5.74, 6) is 0.557. The number of halogens is 3. The predicted octanol–water partition coefficient (Wildman–Crippen LogP) is 3.63. The fourth-order valence-electron chi connectivity index (χ4n) is 1.30. The van der Waals surface area contributed by atoms with Crippen molar-refractivity contribution in [3.63, 3.8) is 0 Å². The maximum atomic E-state index is 11.9. The Kier molecular flexibility index (Phi) is 3.61. The van der Waals surface area contributed by atoms with Gasteiger partial charge in [-0.3, -0.25) is 0 Å². The van der Waals surface area contributed by atoms with Crippen LogP contribution < -0.4 is 4.74 Å². The zero-order chi connectivity index (χ0) is 11.5. The third-order valence-electron chi connectivity index (χ3n) is 2.04. The topological polar surface area (TPSA) is 9.23 Å². The quantitative estimate of drug-likeness (QED) is 0.752. The molecule has 0 heterocycles. The van der Waals surface area contributed by atoms with Gasteiger partial charge in [0.15, 0.2) is 0 Å². The number of ether oxygens (including phenoxy) is 1. The molecule has 0 aliphatic carbocycles. The minimum Gasteiger partial charge on any atom is -0.493 e. The molecule has 84 valence electrons. The molecule has 1 nitrogen and oxygen atoms in total. The average molecular weight is 218 g/mol. The summed E-state index contributed by atoms with van der Waals surface area (Å²) in [5, 5.41) is 0. The van der Waals surface area contributed by atoms with Gasteiger partial charge in [0.1, 0.15) is 5.75 Å². The zero-order valence-corrected chi connectivity index (χ0v) is 8.69. The highest BCUT2D eigenvalue weighted by Crippen LogP contribution is 2.24. The van der Waals surface area contributed by atoms with Crippen LogP contribution in [0.25, 0.3) is 0 Å². The van der Waals surface area contributed by atoms with Crippen LogP contribution in [-0.2, 0) is 0 Å². The molecular weight excluding hydrogens is 205 g/mol. The van der Waals surface area contributed by atoms with E-state index in [9.17, 15) is 13.2 Å². The van der Waals surface area contributed by atoms with Crippen LogP contribution in [0, 0.1) is 13.8 Å². The van der Waals surface area contributed by atoms with Gasteiger partial charge in [0, 0.05) is 0 Å². The third kappa shape index (κ3) is 3.81. The molecule has 1 rings (SSSR count). The summed E-state index contributed by atoms with van der Waals surface area (Å²) in [5.41, 5.74) is 1.72. The first-order valence-electron chi connectivity index (χ1n) is 4.66. The highest BCUT2D eigenvalue weighted by Gasteiger charge is 2.26. The summed E-state index contributed by atoms with van der Waals surface area (Å²) >= 11 is 0. The second kappa shape index (κ2) is 4.55. The molecule has 0 bridgehead atoms.